The first-order chi connectivity index (χ1) is 27.8. The van der Waals surface area contributed by atoms with Crippen LogP contribution in [0.1, 0.15) is 22.3 Å². The lowest BCUT2D eigenvalue weighted by Crippen LogP contribution is -2.32. The SMILES string of the molecule is c1ccc(N(c2ccccc2)c2ccc3c(c2)-c2ccc(N(c4ccccc4)c4ccccc4)cc2C32c3ccccc3Sc3cc4ccccc4cc32)cc1. The standard InChI is InChI=1S/C53H36N2S/c1-5-19-39(20-6-1)54(40-21-7-2-8-22-40)43-30-32-47-46(35-43)45-31-29-44(55(41-23-9-3-10-24-41)42-25-11-4-12-26-42)36-49(45)53(47)48-27-15-16-28-51(48)56-52-34-38-18-14-13-17-37(38)33-50(52)53/h1-36H. The summed E-state index contributed by atoms with van der Waals surface area (Å²) < 4.78 is 0. The van der Waals surface area contributed by atoms with Gasteiger partial charge in [0.05, 0.1) is 5.41 Å². The lowest BCUT2D eigenvalue weighted by Gasteiger charge is -2.40. The highest BCUT2D eigenvalue weighted by Gasteiger charge is 2.51. The molecule has 0 saturated carbocycles. The number of fused-ring (bicyclic) bond motifs is 10. The van der Waals surface area contributed by atoms with E-state index in [1.165, 1.54) is 53.9 Å². The van der Waals surface area contributed by atoms with Gasteiger partial charge in [-0.1, -0.05) is 139 Å². The molecule has 2 nitrogen and oxygen atoms in total. The van der Waals surface area contributed by atoms with E-state index < -0.39 is 5.41 Å². The van der Waals surface area contributed by atoms with Crippen LogP contribution in [0, 0.1) is 0 Å². The fraction of sp³-hybridized carbons (Fsp3) is 0.0189. The van der Waals surface area contributed by atoms with Crippen LogP contribution in [0.2, 0.25) is 0 Å². The van der Waals surface area contributed by atoms with Gasteiger partial charge in [-0.25, -0.2) is 0 Å². The minimum Gasteiger partial charge on any atom is -0.310 e. The van der Waals surface area contributed by atoms with Crippen molar-refractivity contribution in [1.29, 1.82) is 0 Å². The van der Waals surface area contributed by atoms with E-state index in [-0.39, 0.29) is 0 Å². The summed E-state index contributed by atoms with van der Waals surface area (Å²) in [5.41, 5.74) is 14.0. The van der Waals surface area contributed by atoms with E-state index in [9.17, 15) is 0 Å². The van der Waals surface area contributed by atoms with Gasteiger partial charge in [-0.3, -0.25) is 0 Å². The molecule has 3 heteroatoms. The molecule has 1 spiro atoms. The third kappa shape index (κ3) is 5.05. The maximum Gasteiger partial charge on any atom is 0.0736 e. The van der Waals surface area contributed by atoms with Crippen molar-refractivity contribution in [1.82, 2.24) is 0 Å². The van der Waals surface area contributed by atoms with Crippen LogP contribution in [0.15, 0.2) is 228 Å². The summed E-state index contributed by atoms with van der Waals surface area (Å²) in [6, 6.07) is 80.0. The quantitative estimate of drug-likeness (QED) is 0.168. The zero-order valence-corrected chi connectivity index (χ0v) is 31.4. The maximum absolute atomic E-state index is 2.48. The molecule has 9 aromatic rings. The molecule has 2 aliphatic rings. The van der Waals surface area contributed by atoms with Gasteiger partial charge < -0.3 is 9.80 Å². The second-order valence-corrected chi connectivity index (χ2v) is 15.6. The Morgan fingerprint density at radius 3 is 1.36 bits per heavy atom. The van der Waals surface area contributed by atoms with E-state index in [0.717, 1.165) is 34.1 Å². The van der Waals surface area contributed by atoms with Gasteiger partial charge in [0, 0.05) is 43.9 Å². The molecule has 0 amide bonds. The predicted octanol–water partition coefficient (Wildman–Crippen LogP) is 14.6. The summed E-state index contributed by atoms with van der Waals surface area (Å²) in [7, 11) is 0. The van der Waals surface area contributed by atoms with Gasteiger partial charge in [0.1, 0.15) is 0 Å². The smallest absolute Gasteiger partial charge is 0.0736 e. The number of hydrogen-bond donors (Lipinski definition) is 0. The van der Waals surface area contributed by atoms with E-state index >= 15 is 0 Å². The third-order valence-corrected chi connectivity index (χ3v) is 12.6. The minimum atomic E-state index is -0.552. The van der Waals surface area contributed by atoms with Crippen molar-refractivity contribution >= 4 is 56.7 Å². The van der Waals surface area contributed by atoms with Crippen LogP contribution in [-0.4, -0.2) is 0 Å². The Hall–Kier alpha value is -6.81. The maximum atomic E-state index is 2.48. The van der Waals surface area contributed by atoms with Crippen molar-refractivity contribution in [2.45, 2.75) is 15.2 Å². The zero-order chi connectivity index (χ0) is 37.1. The molecule has 1 aliphatic heterocycles. The van der Waals surface area contributed by atoms with Crippen LogP contribution in [0.25, 0.3) is 21.9 Å². The molecular weight excluding hydrogens is 697 g/mol. The molecule has 1 atom stereocenters. The molecule has 0 bridgehead atoms. The second kappa shape index (κ2) is 13.2. The molecule has 9 aromatic carbocycles. The molecule has 1 heterocycles. The molecule has 56 heavy (non-hydrogen) atoms. The first-order valence-corrected chi connectivity index (χ1v) is 20.0. The van der Waals surface area contributed by atoms with Crippen molar-refractivity contribution in [2.24, 2.45) is 0 Å². The lowest BCUT2D eigenvalue weighted by molar-refractivity contribution is 0.724. The average Bonchev–Trinajstić information content (AvgIpc) is 3.54. The van der Waals surface area contributed by atoms with Gasteiger partial charge in [-0.15, -0.1) is 0 Å². The lowest BCUT2D eigenvalue weighted by atomic mass is 9.67. The fourth-order valence-corrected chi connectivity index (χ4v) is 10.3. The zero-order valence-electron chi connectivity index (χ0n) is 30.6. The number of anilines is 6. The van der Waals surface area contributed by atoms with Crippen LogP contribution >= 0.6 is 11.8 Å². The molecule has 0 fully saturated rings. The molecular formula is C53H36N2S. The van der Waals surface area contributed by atoms with E-state index in [2.05, 4.69) is 228 Å². The van der Waals surface area contributed by atoms with Crippen molar-refractivity contribution in [2.75, 3.05) is 9.80 Å². The van der Waals surface area contributed by atoms with Gasteiger partial charge in [0.15, 0.2) is 0 Å². The minimum absolute atomic E-state index is 0.552. The summed E-state index contributed by atoms with van der Waals surface area (Å²) >= 11 is 1.90. The summed E-state index contributed by atoms with van der Waals surface area (Å²) in [6.45, 7) is 0. The number of nitrogens with zero attached hydrogens (tertiary/aromatic N) is 2. The number of hydrogen-bond acceptors (Lipinski definition) is 3. The van der Waals surface area contributed by atoms with Crippen LogP contribution < -0.4 is 9.80 Å². The molecule has 11 rings (SSSR count). The Kier molecular flexibility index (Phi) is 7.68. The van der Waals surface area contributed by atoms with Gasteiger partial charge >= 0.3 is 0 Å². The van der Waals surface area contributed by atoms with Crippen molar-refractivity contribution < 1.29 is 0 Å². The highest BCUT2D eigenvalue weighted by molar-refractivity contribution is 7.99. The Morgan fingerprint density at radius 2 is 0.768 bits per heavy atom. The third-order valence-electron chi connectivity index (χ3n) is 11.4. The van der Waals surface area contributed by atoms with E-state index in [1.807, 2.05) is 11.8 Å². The van der Waals surface area contributed by atoms with Crippen molar-refractivity contribution in [3.05, 3.63) is 241 Å². The molecule has 1 aliphatic carbocycles. The monoisotopic (exact) mass is 732 g/mol. The highest BCUT2D eigenvalue weighted by atomic mass is 32.2. The van der Waals surface area contributed by atoms with E-state index in [0.29, 0.717) is 0 Å². The Labute approximate surface area is 332 Å². The van der Waals surface area contributed by atoms with Crippen LogP contribution in [0.4, 0.5) is 34.1 Å². The fourth-order valence-electron chi connectivity index (χ4n) is 9.09. The predicted molar refractivity (Wildman–Crippen MR) is 235 cm³/mol. The van der Waals surface area contributed by atoms with Crippen molar-refractivity contribution in [3.8, 4) is 11.1 Å². The molecule has 0 saturated heterocycles. The number of benzene rings is 9. The van der Waals surface area contributed by atoms with Crippen molar-refractivity contribution in [3.63, 3.8) is 0 Å². The molecule has 264 valence electrons. The van der Waals surface area contributed by atoms with Gasteiger partial charge in [0.2, 0.25) is 0 Å². The van der Waals surface area contributed by atoms with Crippen LogP contribution in [-0.2, 0) is 5.41 Å². The summed E-state index contributed by atoms with van der Waals surface area (Å²) in [4.78, 5) is 7.35. The van der Waals surface area contributed by atoms with Crippen LogP contribution in [0.3, 0.4) is 0 Å². The molecule has 1 unspecified atom stereocenters. The molecule has 0 N–H and O–H groups in total. The largest absolute Gasteiger partial charge is 0.310 e. The average molecular weight is 733 g/mol. The van der Waals surface area contributed by atoms with Gasteiger partial charge in [0.25, 0.3) is 0 Å². The molecule has 0 aromatic heterocycles. The second-order valence-electron chi connectivity index (χ2n) is 14.5. The van der Waals surface area contributed by atoms with Crippen LogP contribution in [0.5, 0.6) is 0 Å². The topological polar surface area (TPSA) is 6.48 Å². The Morgan fingerprint density at radius 1 is 0.286 bits per heavy atom. The summed E-state index contributed by atoms with van der Waals surface area (Å²) in [5.74, 6) is 0. The van der Waals surface area contributed by atoms with Gasteiger partial charge in [-0.2, -0.15) is 0 Å². The highest BCUT2D eigenvalue weighted by Crippen LogP contribution is 2.63. The Bertz CT molecular complexity index is 2810. The van der Waals surface area contributed by atoms with E-state index in [4.69, 9.17) is 0 Å². The normalized spacial score (nSPS) is 14.8. The molecule has 0 radical (unpaired) electrons. The summed E-state index contributed by atoms with van der Waals surface area (Å²) in [6.07, 6.45) is 0. The van der Waals surface area contributed by atoms with E-state index in [1.54, 1.807) is 0 Å². The Balaban J connectivity index is 1.23. The number of para-hydroxylation sites is 4. The first-order valence-electron chi connectivity index (χ1n) is 19.2. The first kappa shape index (κ1) is 32.6. The summed E-state index contributed by atoms with van der Waals surface area (Å²) in [5, 5.41) is 2.51. The van der Waals surface area contributed by atoms with Gasteiger partial charge in [-0.05, 0) is 135 Å². The number of rotatable bonds is 6.